The Hall–Kier alpha value is -2.72. The number of carbonyl (C=O) groups is 1. The van der Waals surface area contributed by atoms with Crippen LogP contribution in [0.25, 0.3) is 5.57 Å². The SMILES string of the molecule is C=C1CN(C(=O)OCC)CCc2sccc21.C[P+](c1ccccc1)(c1ccccc1)c1ccccc1.[Br-]. The van der Waals surface area contributed by atoms with E-state index in [2.05, 4.69) is 116 Å². The Morgan fingerprint density at radius 3 is 1.84 bits per heavy atom. The highest BCUT2D eigenvalue weighted by molar-refractivity contribution is 7.95. The third-order valence-electron chi connectivity index (χ3n) is 6.46. The zero-order valence-electron chi connectivity index (χ0n) is 21.3. The molecule has 0 fully saturated rings. The maximum Gasteiger partial charge on any atom is 0.410 e. The Kier molecular flexibility index (Phi) is 10.7. The molecule has 0 saturated heterocycles. The number of hydrogen-bond acceptors (Lipinski definition) is 3. The summed E-state index contributed by atoms with van der Waals surface area (Å²) in [5.74, 6) is 0. The number of ether oxygens (including phenoxy) is 1. The van der Waals surface area contributed by atoms with Crippen molar-refractivity contribution in [2.24, 2.45) is 0 Å². The smallest absolute Gasteiger partial charge is 0.410 e. The van der Waals surface area contributed by atoms with Crippen molar-refractivity contribution < 1.29 is 26.5 Å². The molecule has 4 aromatic rings. The van der Waals surface area contributed by atoms with Crippen LogP contribution in [-0.4, -0.2) is 37.4 Å². The second-order valence-electron chi connectivity index (χ2n) is 8.74. The monoisotopic (exact) mass is 593 g/mol. The van der Waals surface area contributed by atoms with Crippen LogP contribution in [0.1, 0.15) is 17.4 Å². The van der Waals surface area contributed by atoms with Gasteiger partial charge in [-0.25, -0.2) is 4.79 Å². The van der Waals surface area contributed by atoms with E-state index < -0.39 is 7.26 Å². The average Bonchev–Trinajstić information content (AvgIpc) is 3.35. The molecule has 0 bridgehead atoms. The molecule has 1 aliphatic rings. The Labute approximate surface area is 235 Å². The van der Waals surface area contributed by atoms with Gasteiger partial charge in [0.25, 0.3) is 0 Å². The molecule has 0 saturated carbocycles. The van der Waals surface area contributed by atoms with E-state index in [0.717, 1.165) is 12.0 Å². The van der Waals surface area contributed by atoms with Gasteiger partial charge in [0.05, 0.1) is 13.3 Å². The van der Waals surface area contributed by atoms with E-state index in [1.54, 1.807) is 16.2 Å². The normalized spacial score (nSPS) is 12.8. The predicted molar refractivity (Wildman–Crippen MR) is 157 cm³/mol. The van der Waals surface area contributed by atoms with E-state index in [4.69, 9.17) is 4.74 Å². The number of thiophene rings is 1. The summed E-state index contributed by atoms with van der Waals surface area (Å²) in [6, 6.07) is 34.7. The lowest BCUT2D eigenvalue weighted by atomic mass is 10.1. The minimum Gasteiger partial charge on any atom is -1.00 e. The van der Waals surface area contributed by atoms with Crippen LogP contribution in [0, 0.1) is 0 Å². The van der Waals surface area contributed by atoms with Crippen LogP contribution in [0.15, 0.2) is 109 Å². The van der Waals surface area contributed by atoms with Crippen molar-refractivity contribution in [3.63, 3.8) is 0 Å². The number of benzene rings is 3. The van der Waals surface area contributed by atoms with Crippen LogP contribution < -0.4 is 32.9 Å². The summed E-state index contributed by atoms with van der Waals surface area (Å²) >= 11 is 1.73. The molecule has 5 rings (SSSR count). The molecule has 1 aliphatic heterocycles. The predicted octanol–water partition coefficient (Wildman–Crippen LogP) is 3.39. The van der Waals surface area contributed by atoms with Crippen molar-refractivity contribution in [2.75, 3.05) is 26.4 Å². The van der Waals surface area contributed by atoms with Crippen LogP contribution >= 0.6 is 18.6 Å². The molecule has 37 heavy (non-hydrogen) atoms. The number of halogens is 1. The summed E-state index contributed by atoms with van der Waals surface area (Å²) in [5.41, 5.74) is 2.21. The summed E-state index contributed by atoms with van der Waals surface area (Å²) in [5, 5.41) is 6.36. The standard InChI is InChI=1S/C19H18P.C12H15NO2S.BrH/c1-20(17-11-5-2-6-12-17,18-13-7-3-8-14-18)19-15-9-4-10-16-19;1-3-15-12(14)13-6-4-11-10(5-7-16-11)9(2)8-13;/h2-16H,1H3;5,7H,2-4,6,8H2,1H3;1H/q+1;;/p-1. The van der Waals surface area contributed by atoms with Gasteiger partial charge in [-0.15, -0.1) is 11.3 Å². The van der Waals surface area contributed by atoms with Crippen molar-refractivity contribution in [1.82, 2.24) is 4.90 Å². The summed E-state index contributed by atoms with van der Waals surface area (Å²) < 4.78 is 5.01. The van der Waals surface area contributed by atoms with Crippen molar-refractivity contribution >= 4 is 46.2 Å². The van der Waals surface area contributed by atoms with Crippen molar-refractivity contribution in [3.8, 4) is 0 Å². The van der Waals surface area contributed by atoms with E-state index in [9.17, 15) is 4.79 Å². The first-order chi connectivity index (χ1) is 17.5. The highest BCUT2D eigenvalue weighted by Gasteiger charge is 2.39. The number of rotatable bonds is 4. The molecule has 0 aliphatic carbocycles. The van der Waals surface area contributed by atoms with E-state index in [0.29, 0.717) is 19.7 Å². The van der Waals surface area contributed by atoms with Crippen LogP contribution in [0.3, 0.4) is 0 Å². The highest BCUT2D eigenvalue weighted by atomic mass is 79.9. The topological polar surface area (TPSA) is 29.5 Å². The quantitative estimate of drug-likeness (QED) is 0.340. The molecule has 0 atom stereocenters. The van der Waals surface area contributed by atoms with Crippen molar-refractivity contribution in [3.05, 3.63) is 119 Å². The number of carbonyl (C=O) groups excluding carboxylic acids is 1. The van der Waals surface area contributed by atoms with Gasteiger partial charge in [-0.05, 0) is 65.9 Å². The molecule has 3 nitrogen and oxygen atoms in total. The first-order valence-electron chi connectivity index (χ1n) is 12.2. The third kappa shape index (κ3) is 6.78. The lowest BCUT2D eigenvalue weighted by molar-refractivity contribution is -0.0000143. The largest absolute Gasteiger partial charge is 1.00 e. The molecule has 0 radical (unpaired) electrons. The molecule has 0 unspecified atom stereocenters. The number of fused-ring (bicyclic) bond motifs is 1. The summed E-state index contributed by atoms with van der Waals surface area (Å²) in [6.45, 7) is 9.97. The van der Waals surface area contributed by atoms with Gasteiger partial charge >= 0.3 is 6.09 Å². The maximum absolute atomic E-state index is 11.6. The molecule has 1 aromatic heterocycles. The minimum atomic E-state index is -1.53. The van der Waals surface area contributed by atoms with Crippen LogP contribution in [-0.2, 0) is 11.2 Å². The Bertz CT molecular complexity index is 1180. The highest BCUT2D eigenvalue weighted by Crippen LogP contribution is 2.51. The molecule has 3 aromatic carbocycles. The molecular weight excluding hydrogens is 561 g/mol. The van der Waals surface area contributed by atoms with Gasteiger partial charge in [0.1, 0.15) is 23.2 Å². The number of nitrogens with zero attached hydrogens (tertiary/aromatic N) is 1. The number of amides is 1. The lowest BCUT2D eigenvalue weighted by Gasteiger charge is -2.22. The third-order valence-corrected chi connectivity index (χ3v) is 11.4. The van der Waals surface area contributed by atoms with Gasteiger partial charge in [0.2, 0.25) is 0 Å². The van der Waals surface area contributed by atoms with Gasteiger partial charge in [-0.3, -0.25) is 0 Å². The summed E-state index contributed by atoms with van der Waals surface area (Å²) in [7, 11) is -1.53. The first-order valence-corrected chi connectivity index (χ1v) is 15.3. The Morgan fingerprint density at radius 1 is 0.892 bits per heavy atom. The van der Waals surface area contributed by atoms with Crippen LogP contribution in [0.5, 0.6) is 0 Å². The summed E-state index contributed by atoms with van der Waals surface area (Å²) in [6.07, 6.45) is 0.656. The van der Waals surface area contributed by atoms with Crippen LogP contribution in [0.2, 0.25) is 0 Å². The fraction of sp³-hybridized carbons (Fsp3) is 0.194. The van der Waals surface area contributed by atoms with Gasteiger partial charge < -0.3 is 26.6 Å². The second-order valence-corrected chi connectivity index (χ2v) is 13.3. The lowest BCUT2D eigenvalue weighted by Crippen LogP contribution is -3.00. The molecule has 1 amide bonds. The first kappa shape index (κ1) is 28.8. The van der Waals surface area contributed by atoms with Crippen molar-refractivity contribution in [1.29, 1.82) is 0 Å². The van der Waals surface area contributed by atoms with Gasteiger partial charge in [-0.1, -0.05) is 61.2 Å². The molecule has 2 heterocycles. The minimum absolute atomic E-state index is 0. The molecule has 0 spiro atoms. The maximum atomic E-state index is 11.6. The van der Waals surface area contributed by atoms with Crippen molar-refractivity contribution in [2.45, 2.75) is 13.3 Å². The fourth-order valence-electron chi connectivity index (χ4n) is 4.48. The molecule has 192 valence electrons. The van der Waals surface area contributed by atoms with E-state index in [1.807, 2.05) is 6.92 Å². The van der Waals surface area contributed by atoms with E-state index >= 15 is 0 Å². The molecule has 0 N–H and O–H groups in total. The fourth-order valence-corrected chi connectivity index (χ4v) is 8.59. The Balaban J connectivity index is 0.000000205. The second kappa shape index (κ2) is 13.7. The van der Waals surface area contributed by atoms with E-state index in [-0.39, 0.29) is 23.1 Å². The van der Waals surface area contributed by atoms with E-state index in [1.165, 1.54) is 26.4 Å². The number of hydrogen-bond donors (Lipinski definition) is 0. The zero-order chi connectivity index (χ0) is 25.4. The van der Waals surface area contributed by atoms with Gasteiger partial charge in [0, 0.05) is 24.4 Å². The van der Waals surface area contributed by atoms with Crippen LogP contribution in [0.4, 0.5) is 4.79 Å². The zero-order valence-corrected chi connectivity index (χ0v) is 24.6. The van der Waals surface area contributed by atoms with Gasteiger partial charge in [-0.2, -0.15) is 0 Å². The Morgan fingerprint density at radius 2 is 1.38 bits per heavy atom. The molecule has 6 heteroatoms. The molecular formula is C31H33BrNO2PS. The average molecular weight is 595 g/mol. The van der Waals surface area contributed by atoms with Gasteiger partial charge in [0.15, 0.2) is 0 Å². The summed E-state index contributed by atoms with van der Waals surface area (Å²) in [4.78, 5) is 14.7.